The normalized spacial score (nSPS) is 10.0. The molecule has 1 amide bonds. The lowest BCUT2D eigenvalue weighted by Crippen LogP contribution is -2.22. The highest BCUT2D eigenvalue weighted by Crippen LogP contribution is 2.22. The summed E-state index contributed by atoms with van der Waals surface area (Å²) in [6.45, 7) is 0.174. The first-order valence-electron chi connectivity index (χ1n) is 5.69. The molecule has 0 bridgehead atoms. The maximum atomic E-state index is 11.8. The van der Waals surface area contributed by atoms with Gasteiger partial charge in [-0.05, 0) is 40.2 Å². The van der Waals surface area contributed by atoms with E-state index in [0.717, 1.165) is 10.2 Å². The van der Waals surface area contributed by atoms with Crippen molar-refractivity contribution in [2.45, 2.75) is 0 Å². The summed E-state index contributed by atoms with van der Waals surface area (Å²) in [6.07, 6.45) is 0. The van der Waals surface area contributed by atoms with Gasteiger partial charge in [0.25, 0.3) is 0 Å². The quantitative estimate of drug-likeness (QED) is 0.878. The zero-order chi connectivity index (χ0) is 13.7. The van der Waals surface area contributed by atoms with E-state index in [0.29, 0.717) is 10.7 Å². The fourth-order valence-corrected chi connectivity index (χ4v) is 2.14. The Hall–Kier alpha value is -1.52. The lowest BCUT2D eigenvalue weighted by Gasteiger charge is -2.10. The van der Waals surface area contributed by atoms with Crippen molar-refractivity contribution >= 4 is 44.8 Å². The molecule has 0 atom stereocenters. The number of benzene rings is 2. The van der Waals surface area contributed by atoms with Crippen LogP contribution < -0.4 is 10.6 Å². The van der Waals surface area contributed by atoms with Crippen LogP contribution in [0.4, 0.5) is 11.4 Å². The second-order valence-electron chi connectivity index (χ2n) is 3.86. The summed E-state index contributed by atoms with van der Waals surface area (Å²) in [7, 11) is 0. The number of nitrogens with one attached hydrogen (secondary N) is 2. The Morgan fingerprint density at radius 3 is 2.37 bits per heavy atom. The van der Waals surface area contributed by atoms with E-state index in [2.05, 4.69) is 26.6 Å². The highest BCUT2D eigenvalue weighted by Gasteiger charge is 2.05. The maximum absolute atomic E-state index is 11.8. The summed E-state index contributed by atoms with van der Waals surface area (Å²) >= 11 is 9.38. The van der Waals surface area contributed by atoms with E-state index in [1.165, 1.54) is 0 Å². The molecule has 0 fully saturated rings. The average molecular weight is 340 g/mol. The van der Waals surface area contributed by atoms with E-state index < -0.39 is 0 Å². The number of halogens is 2. The molecular weight excluding hydrogens is 328 g/mol. The van der Waals surface area contributed by atoms with Gasteiger partial charge in [-0.15, -0.1) is 0 Å². The summed E-state index contributed by atoms with van der Waals surface area (Å²) < 4.78 is 0.917. The van der Waals surface area contributed by atoms with Crippen molar-refractivity contribution in [3.8, 4) is 0 Å². The van der Waals surface area contributed by atoms with Crippen molar-refractivity contribution in [2.24, 2.45) is 0 Å². The van der Waals surface area contributed by atoms with Gasteiger partial charge in [-0.1, -0.05) is 35.9 Å². The number of hydrogen-bond donors (Lipinski definition) is 2. The Kier molecular flexibility index (Phi) is 4.82. The molecule has 0 aliphatic carbocycles. The molecule has 2 N–H and O–H groups in total. The third kappa shape index (κ3) is 3.98. The van der Waals surface area contributed by atoms with Crippen LogP contribution in [0.1, 0.15) is 0 Å². The molecule has 2 aromatic carbocycles. The van der Waals surface area contributed by atoms with Crippen LogP contribution >= 0.6 is 27.5 Å². The van der Waals surface area contributed by atoms with Crippen molar-refractivity contribution in [1.29, 1.82) is 0 Å². The Balaban J connectivity index is 1.92. The molecule has 3 nitrogen and oxygen atoms in total. The third-order valence-corrected chi connectivity index (χ3v) is 3.48. The monoisotopic (exact) mass is 338 g/mol. The summed E-state index contributed by atoms with van der Waals surface area (Å²) in [6, 6.07) is 14.8. The highest BCUT2D eigenvalue weighted by atomic mass is 79.9. The maximum Gasteiger partial charge on any atom is 0.243 e. The van der Waals surface area contributed by atoms with Crippen molar-refractivity contribution in [3.05, 3.63) is 58.0 Å². The molecule has 19 heavy (non-hydrogen) atoms. The third-order valence-electron chi connectivity index (χ3n) is 2.46. The van der Waals surface area contributed by atoms with Crippen LogP contribution in [-0.2, 0) is 4.79 Å². The van der Waals surface area contributed by atoms with E-state index >= 15 is 0 Å². The number of hydrogen-bond acceptors (Lipinski definition) is 2. The number of carbonyl (C=O) groups excluding carboxylic acids is 1. The van der Waals surface area contributed by atoms with Crippen LogP contribution in [0.15, 0.2) is 53.0 Å². The number of rotatable bonds is 4. The van der Waals surface area contributed by atoms with Crippen LogP contribution in [-0.4, -0.2) is 12.5 Å². The molecule has 2 rings (SSSR count). The zero-order valence-corrected chi connectivity index (χ0v) is 12.3. The Morgan fingerprint density at radius 1 is 1.05 bits per heavy atom. The van der Waals surface area contributed by atoms with Gasteiger partial charge >= 0.3 is 0 Å². The molecular formula is C14H12BrClN2O. The fourth-order valence-electron chi connectivity index (χ4n) is 1.54. The van der Waals surface area contributed by atoms with Gasteiger partial charge in [0.1, 0.15) is 0 Å². The fraction of sp³-hybridized carbons (Fsp3) is 0.0714. The second-order valence-corrected chi connectivity index (χ2v) is 5.12. The predicted molar refractivity (Wildman–Crippen MR) is 82.7 cm³/mol. The SMILES string of the molecule is O=C(CNc1ccccc1Br)Nc1ccccc1Cl. The summed E-state index contributed by atoms with van der Waals surface area (Å²) in [5.74, 6) is -0.149. The second kappa shape index (κ2) is 6.59. The molecule has 0 saturated heterocycles. The largest absolute Gasteiger partial charge is 0.375 e. The van der Waals surface area contributed by atoms with Gasteiger partial charge in [-0.2, -0.15) is 0 Å². The standard InChI is InChI=1S/C14H12BrClN2O/c15-10-5-1-3-7-12(10)17-9-14(19)18-13-8-4-2-6-11(13)16/h1-8,17H,9H2,(H,18,19). The topological polar surface area (TPSA) is 41.1 Å². The van der Waals surface area contributed by atoms with Gasteiger partial charge in [-0.25, -0.2) is 0 Å². The average Bonchev–Trinajstić information content (AvgIpc) is 2.40. The van der Waals surface area contributed by atoms with Crippen molar-refractivity contribution in [3.63, 3.8) is 0 Å². The molecule has 0 aliphatic heterocycles. The van der Waals surface area contributed by atoms with Crippen LogP contribution in [0.25, 0.3) is 0 Å². The number of amides is 1. The van der Waals surface area contributed by atoms with Gasteiger partial charge in [0.05, 0.1) is 17.3 Å². The first kappa shape index (κ1) is 13.9. The van der Waals surface area contributed by atoms with Crippen molar-refractivity contribution in [2.75, 3.05) is 17.2 Å². The number of para-hydroxylation sites is 2. The molecule has 5 heteroatoms. The van der Waals surface area contributed by atoms with Crippen LogP contribution in [0.2, 0.25) is 5.02 Å². The first-order valence-corrected chi connectivity index (χ1v) is 6.86. The van der Waals surface area contributed by atoms with Crippen LogP contribution in [0, 0.1) is 0 Å². The Morgan fingerprint density at radius 2 is 1.68 bits per heavy atom. The molecule has 0 spiro atoms. The Bertz CT molecular complexity index is 589. The highest BCUT2D eigenvalue weighted by molar-refractivity contribution is 9.10. The zero-order valence-electron chi connectivity index (χ0n) is 9.99. The Labute approximate surface area is 125 Å². The van der Waals surface area contributed by atoms with Gasteiger partial charge in [0.15, 0.2) is 0 Å². The van der Waals surface area contributed by atoms with E-state index in [4.69, 9.17) is 11.6 Å². The summed E-state index contributed by atoms with van der Waals surface area (Å²) in [4.78, 5) is 11.8. The molecule has 0 heterocycles. The molecule has 2 aromatic rings. The molecule has 0 saturated carbocycles. The smallest absolute Gasteiger partial charge is 0.243 e. The minimum Gasteiger partial charge on any atom is -0.375 e. The predicted octanol–water partition coefficient (Wildman–Crippen LogP) is 4.15. The summed E-state index contributed by atoms with van der Waals surface area (Å²) in [5.41, 5.74) is 1.49. The molecule has 0 radical (unpaired) electrons. The van der Waals surface area contributed by atoms with Crippen molar-refractivity contribution < 1.29 is 4.79 Å². The summed E-state index contributed by atoms with van der Waals surface area (Å²) in [5, 5.41) is 6.33. The van der Waals surface area contributed by atoms with Crippen LogP contribution in [0.3, 0.4) is 0 Å². The first-order chi connectivity index (χ1) is 9.16. The number of carbonyl (C=O) groups is 1. The van der Waals surface area contributed by atoms with E-state index in [1.54, 1.807) is 12.1 Å². The van der Waals surface area contributed by atoms with E-state index in [9.17, 15) is 4.79 Å². The minimum atomic E-state index is -0.149. The van der Waals surface area contributed by atoms with Gasteiger partial charge in [0, 0.05) is 10.2 Å². The van der Waals surface area contributed by atoms with Crippen LogP contribution in [0.5, 0.6) is 0 Å². The molecule has 0 aromatic heterocycles. The molecule has 0 unspecified atom stereocenters. The van der Waals surface area contributed by atoms with Gasteiger partial charge in [-0.3, -0.25) is 4.79 Å². The number of anilines is 2. The lowest BCUT2D eigenvalue weighted by atomic mass is 10.3. The lowest BCUT2D eigenvalue weighted by molar-refractivity contribution is -0.114. The molecule has 98 valence electrons. The van der Waals surface area contributed by atoms with Gasteiger partial charge < -0.3 is 10.6 Å². The van der Waals surface area contributed by atoms with Crippen molar-refractivity contribution in [1.82, 2.24) is 0 Å². The van der Waals surface area contributed by atoms with E-state index in [-0.39, 0.29) is 12.5 Å². The molecule has 0 aliphatic rings. The van der Waals surface area contributed by atoms with Gasteiger partial charge in [0.2, 0.25) is 5.91 Å². The van der Waals surface area contributed by atoms with E-state index in [1.807, 2.05) is 36.4 Å². The minimum absolute atomic E-state index is 0.149.